The molecule has 0 aromatic rings. The van der Waals surface area contributed by atoms with Crippen molar-refractivity contribution >= 4 is 18.4 Å². The highest BCUT2D eigenvalue weighted by molar-refractivity contribution is 8.28. The Bertz CT molecular complexity index is 73.1. The zero-order valence-corrected chi connectivity index (χ0v) is 7.72. The Morgan fingerprint density at radius 1 is 1.50 bits per heavy atom. The summed E-state index contributed by atoms with van der Waals surface area (Å²) < 4.78 is 0. The molecular formula is C6H14SSi. The summed E-state index contributed by atoms with van der Waals surface area (Å²) in [6, 6.07) is 0. The molecule has 0 rings (SSSR count). The first-order valence-corrected chi connectivity index (χ1v) is 8.02. The van der Waals surface area contributed by atoms with Crippen LogP contribution in [0.1, 0.15) is 0 Å². The Kier molecular flexibility index (Phi) is 3.48. The zero-order chi connectivity index (χ0) is 6.62. The lowest BCUT2D eigenvalue weighted by molar-refractivity contribution is 1.80. The normalized spacial score (nSPS) is 11.4. The van der Waals surface area contributed by atoms with E-state index in [1.54, 1.807) is 0 Å². The SMILES string of the molecule is C=CCS[Si](C)(C)C. The zero-order valence-electron chi connectivity index (χ0n) is 5.90. The molecule has 0 spiro atoms. The fraction of sp³-hybridized carbons (Fsp3) is 0.667. The third kappa shape index (κ3) is 6.31. The number of hydrogen-bond donors (Lipinski definition) is 0. The van der Waals surface area contributed by atoms with E-state index >= 15 is 0 Å². The minimum atomic E-state index is -0.833. The van der Waals surface area contributed by atoms with E-state index in [-0.39, 0.29) is 0 Å². The second-order valence-electron chi connectivity index (χ2n) is 2.71. The van der Waals surface area contributed by atoms with Crippen LogP contribution in [0.2, 0.25) is 19.6 Å². The third-order valence-electron chi connectivity index (χ3n) is 0.634. The Balaban J connectivity index is 3.24. The average Bonchev–Trinajstić information content (AvgIpc) is 1.59. The molecule has 0 bridgehead atoms. The summed E-state index contributed by atoms with van der Waals surface area (Å²) in [4.78, 5) is 0. The summed E-state index contributed by atoms with van der Waals surface area (Å²) in [7, 11) is -0.833. The summed E-state index contributed by atoms with van der Waals surface area (Å²) in [5.41, 5.74) is 0. The van der Waals surface area contributed by atoms with Crippen LogP contribution < -0.4 is 0 Å². The van der Waals surface area contributed by atoms with Crippen LogP contribution in [0.5, 0.6) is 0 Å². The quantitative estimate of drug-likeness (QED) is 0.436. The first-order valence-electron chi connectivity index (χ1n) is 2.81. The first kappa shape index (κ1) is 8.31. The number of rotatable bonds is 3. The van der Waals surface area contributed by atoms with E-state index in [9.17, 15) is 0 Å². The van der Waals surface area contributed by atoms with E-state index in [4.69, 9.17) is 0 Å². The molecule has 0 amide bonds. The topological polar surface area (TPSA) is 0 Å². The summed E-state index contributed by atoms with van der Waals surface area (Å²) in [6.07, 6.45) is 1.98. The minimum Gasteiger partial charge on any atom is -0.182 e. The molecule has 48 valence electrons. The maximum absolute atomic E-state index is 3.67. The van der Waals surface area contributed by atoms with Crippen molar-refractivity contribution in [3.63, 3.8) is 0 Å². The highest BCUT2D eigenvalue weighted by Crippen LogP contribution is 2.18. The molecule has 0 aromatic heterocycles. The van der Waals surface area contributed by atoms with Crippen LogP contribution in [-0.2, 0) is 0 Å². The molecule has 0 saturated heterocycles. The van der Waals surface area contributed by atoms with Crippen LogP contribution in [0.3, 0.4) is 0 Å². The standard InChI is InChI=1S/C6H14SSi/c1-5-6-7-8(2,3)4/h5H,1,6H2,2-4H3. The fourth-order valence-electron chi connectivity index (χ4n) is 0.309. The largest absolute Gasteiger partial charge is 0.182 e. The molecule has 8 heavy (non-hydrogen) atoms. The van der Waals surface area contributed by atoms with E-state index in [0.717, 1.165) is 5.75 Å². The maximum Gasteiger partial charge on any atom is 0.108 e. The van der Waals surface area contributed by atoms with E-state index in [2.05, 4.69) is 37.4 Å². The number of hydrogen-bond acceptors (Lipinski definition) is 1. The third-order valence-corrected chi connectivity index (χ3v) is 5.00. The van der Waals surface area contributed by atoms with Crippen molar-refractivity contribution in [3.8, 4) is 0 Å². The average molecular weight is 146 g/mol. The van der Waals surface area contributed by atoms with Gasteiger partial charge in [0.05, 0.1) is 0 Å². The first-order chi connectivity index (χ1) is 3.56. The van der Waals surface area contributed by atoms with Crippen LogP contribution in [0, 0.1) is 0 Å². The molecule has 0 fully saturated rings. The lowest BCUT2D eigenvalue weighted by Gasteiger charge is -2.12. The van der Waals surface area contributed by atoms with Crippen LogP contribution >= 0.6 is 11.2 Å². The van der Waals surface area contributed by atoms with Crippen molar-refractivity contribution in [2.75, 3.05) is 5.75 Å². The molecule has 0 aliphatic carbocycles. The predicted molar refractivity (Wildman–Crippen MR) is 46.0 cm³/mol. The van der Waals surface area contributed by atoms with Crippen LogP contribution in [-0.4, -0.2) is 13.0 Å². The van der Waals surface area contributed by atoms with Gasteiger partial charge in [0.25, 0.3) is 0 Å². The fourth-order valence-corrected chi connectivity index (χ4v) is 2.78. The molecule has 0 unspecified atom stereocenters. The summed E-state index contributed by atoms with van der Waals surface area (Å²) in [5, 5.41) is 0. The van der Waals surface area contributed by atoms with Crippen molar-refractivity contribution in [2.24, 2.45) is 0 Å². The van der Waals surface area contributed by atoms with Gasteiger partial charge in [-0.25, -0.2) is 0 Å². The molecule has 0 aromatic carbocycles. The monoisotopic (exact) mass is 146 g/mol. The van der Waals surface area contributed by atoms with Gasteiger partial charge < -0.3 is 0 Å². The van der Waals surface area contributed by atoms with Crippen molar-refractivity contribution in [3.05, 3.63) is 12.7 Å². The van der Waals surface area contributed by atoms with Gasteiger partial charge in [-0.15, -0.1) is 6.58 Å². The maximum atomic E-state index is 3.67. The Labute approximate surface area is 57.0 Å². The minimum absolute atomic E-state index is 0.833. The predicted octanol–water partition coefficient (Wildman–Crippen LogP) is 2.74. The lowest BCUT2D eigenvalue weighted by Crippen LogP contribution is -2.13. The molecule has 0 atom stereocenters. The molecule has 0 aliphatic heterocycles. The molecule has 0 heterocycles. The van der Waals surface area contributed by atoms with Crippen molar-refractivity contribution in [1.29, 1.82) is 0 Å². The summed E-state index contributed by atoms with van der Waals surface area (Å²) in [5.74, 6) is 1.12. The molecule has 0 radical (unpaired) electrons. The van der Waals surface area contributed by atoms with Gasteiger partial charge in [-0.2, -0.15) is 11.2 Å². The van der Waals surface area contributed by atoms with Gasteiger partial charge in [-0.3, -0.25) is 0 Å². The van der Waals surface area contributed by atoms with Gasteiger partial charge in [0.1, 0.15) is 7.22 Å². The van der Waals surface area contributed by atoms with Crippen molar-refractivity contribution in [1.82, 2.24) is 0 Å². The van der Waals surface area contributed by atoms with Crippen molar-refractivity contribution < 1.29 is 0 Å². The Morgan fingerprint density at radius 2 is 2.00 bits per heavy atom. The van der Waals surface area contributed by atoms with E-state index < -0.39 is 7.22 Å². The highest BCUT2D eigenvalue weighted by atomic mass is 32.4. The van der Waals surface area contributed by atoms with Gasteiger partial charge in [0.15, 0.2) is 0 Å². The van der Waals surface area contributed by atoms with Crippen molar-refractivity contribution in [2.45, 2.75) is 19.6 Å². The van der Waals surface area contributed by atoms with Gasteiger partial charge in [-0.1, -0.05) is 25.7 Å². The van der Waals surface area contributed by atoms with Gasteiger partial charge in [0.2, 0.25) is 0 Å². The summed E-state index contributed by atoms with van der Waals surface area (Å²) >= 11 is 2.05. The molecule has 0 N–H and O–H groups in total. The van der Waals surface area contributed by atoms with Gasteiger partial charge in [-0.05, 0) is 0 Å². The lowest BCUT2D eigenvalue weighted by atomic mass is 10.8. The molecule has 0 saturated carbocycles. The van der Waals surface area contributed by atoms with Crippen LogP contribution in [0.25, 0.3) is 0 Å². The van der Waals surface area contributed by atoms with Gasteiger partial charge >= 0.3 is 0 Å². The van der Waals surface area contributed by atoms with E-state index in [1.165, 1.54) is 0 Å². The van der Waals surface area contributed by atoms with Gasteiger partial charge in [0, 0.05) is 5.75 Å². The van der Waals surface area contributed by atoms with E-state index in [0.29, 0.717) is 0 Å². The Hall–Kier alpha value is 0.307. The van der Waals surface area contributed by atoms with Crippen LogP contribution in [0.4, 0.5) is 0 Å². The van der Waals surface area contributed by atoms with Crippen LogP contribution in [0.15, 0.2) is 12.7 Å². The molecule has 0 aliphatic rings. The second-order valence-corrected chi connectivity index (χ2v) is 12.1. The highest BCUT2D eigenvalue weighted by Gasteiger charge is 2.10. The molecular weight excluding hydrogens is 132 g/mol. The smallest absolute Gasteiger partial charge is 0.108 e. The van der Waals surface area contributed by atoms with E-state index in [1.807, 2.05) is 6.08 Å². The molecule has 2 heteroatoms. The molecule has 0 nitrogen and oxygen atoms in total. The summed E-state index contributed by atoms with van der Waals surface area (Å²) in [6.45, 7) is 10.7. The Morgan fingerprint density at radius 3 is 2.12 bits per heavy atom. The second kappa shape index (κ2) is 3.36.